The summed E-state index contributed by atoms with van der Waals surface area (Å²) in [5, 5.41) is 6.98. The number of likely N-dealkylation sites (N-methyl/N-ethyl adjacent to an activating group) is 1. The topological polar surface area (TPSA) is 87.2 Å². The van der Waals surface area contributed by atoms with Crippen LogP contribution < -0.4 is 5.73 Å². The van der Waals surface area contributed by atoms with Crippen molar-refractivity contribution >= 4 is 15.9 Å². The molecule has 0 aromatic heterocycles. The molecule has 0 aromatic carbocycles. The second-order valence-corrected chi connectivity index (χ2v) is 4.45. The van der Waals surface area contributed by atoms with E-state index in [2.05, 4.69) is 0 Å². The molecule has 0 saturated heterocycles. The molecule has 0 saturated carbocycles. The summed E-state index contributed by atoms with van der Waals surface area (Å²) in [5.74, 6) is -0.155. The van der Waals surface area contributed by atoms with Gasteiger partial charge in [0.1, 0.15) is 5.84 Å². The number of rotatable bonds is 3. The predicted octanol–water partition coefficient (Wildman–Crippen LogP) is -0.798. The molecule has 0 aliphatic heterocycles. The fourth-order valence-corrected chi connectivity index (χ4v) is 1.17. The second kappa shape index (κ2) is 3.19. The van der Waals surface area contributed by atoms with Crippen molar-refractivity contribution in [2.75, 3.05) is 13.3 Å². The van der Waals surface area contributed by atoms with Crippen LogP contribution >= 0.6 is 0 Å². The Balaban J connectivity index is 4.51. The fourth-order valence-electron chi connectivity index (χ4n) is 0.483. The number of nitrogens with two attached hydrogens (primary N) is 1. The van der Waals surface area contributed by atoms with Gasteiger partial charge in [-0.2, -0.15) is 4.31 Å². The number of amidine groups is 1. The second-order valence-electron chi connectivity index (χ2n) is 2.41. The van der Waals surface area contributed by atoms with Crippen molar-refractivity contribution in [3.05, 3.63) is 0 Å². The lowest BCUT2D eigenvalue weighted by Gasteiger charge is -2.20. The lowest BCUT2D eigenvalue weighted by atomic mass is 10.3. The smallest absolute Gasteiger partial charge is 0.211 e. The summed E-state index contributed by atoms with van der Waals surface area (Å²) in [4.78, 5) is 0. The first kappa shape index (κ1) is 10.4. The lowest BCUT2D eigenvalue weighted by molar-refractivity contribution is 0.453. The van der Waals surface area contributed by atoms with Gasteiger partial charge in [0, 0.05) is 7.05 Å². The van der Waals surface area contributed by atoms with E-state index in [0.29, 0.717) is 0 Å². The third kappa shape index (κ3) is 2.85. The Bertz CT molecular complexity index is 246. The van der Waals surface area contributed by atoms with Gasteiger partial charge < -0.3 is 5.73 Å². The Labute approximate surface area is 66.7 Å². The Kier molecular flexibility index (Phi) is 3.01. The molecule has 3 N–H and O–H groups in total. The molecular formula is C5H13N3O2S. The number of nitrogens with one attached hydrogen (secondary N) is 1. The van der Waals surface area contributed by atoms with Crippen LogP contribution in [-0.2, 0) is 10.0 Å². The van der Waals surface area contributed by atoms with Crippen LogP contribution in [-0.4, -0.2) is 37.9 Å². The van der Waals surface area contributed by atoms with Crippen molar-refractivity contribution in [1.29, 1.82) is 5.41 Å². The molecule has 11 heavy (non-hydrogen) atoms. The van der Waals surface area contributed by atoms with Crippen LogP contribution in [0.1, 0.15) is 6.92 Å². The highest BCUT2D eigenvalue weighted by Crippen LogP contribution is 1.99. The van der Waals surface area contributed by atoms with Crippen molar-refractivity contribution in [1.82, 2.24) is 4.31 Å². The summed E-state index contributed by atoms with van der Waals surface area (Å²) in [5.41, 5.74) is 5.11. The van der Waals surface area contributed by atoms with E-state index in [1.807, 2.05) is 0 Å². The van der Waals surface area contributed by atoms with Gasteiger partial charge in [-0.05, 0) is 6.92 Å². The van der Waals surface area contributed by atoms with Gasteiger partial charge in [-0.1, -0.05) is 0 Å². The number of hydrogen-bond donors (Lipinski definition) is 2. The molecule has 66 valence electrons. The molecule has 0 fully saturated rings. The van der Waals surface area contributed by atoms with Crippen molar-refractivity contribution < 1.29 is 8.42 Å². The normalized spacial score (nSPS) is 14.9. The van der Waals surface area contributed by atoms with Gasteiger partial charge in [0.05, 0.1) is 12.3 Å². The quantitative estimate of drug-likeness (QED) is 0.439. The molecule has 1 unspecified atom stereocenters. The fraction of sp³-hybridized carbons (Fsp3) is 0.800. The van der Waals surface area contributed by atoms with Gasteiger partial charge in [0.25, 0.3) is 0 Å². The summed E-state index contributed by atoms with van der Waals surface area (Å²) in [6, 6.07) is -0.565. The van der Waals surface area contributed by atoms with E-state index < -0.39 is 16.1 Å². The molecule has 0 rings (SSSR count). The molecule has 0 aliphatic carbocycles. The van der Waals surface area contributed by atoms with Gasteiger partial charge in [-0.15, -0.1) is 0 Å². The zero-order valence-electron chi connectivity index (χ0n) is 6.83. The van der Waals surface area contributed by atoms with Crippen molar-refractivity contribution in [2.45, 2.75) is 13.0 Å². The van der Waals surface area contributed by atoms with E-state index in [-0.39, 0.29) is 5.84 Å². The van der Waals surface area contributed by atoms with Gasteiger partial charge in [0.15, 0.2) is 0 Å². The highest BCUT2D eigenvalue weighted by atomic mass is 32.2. The van der Waals surface area contributed by atoms with Gasteiger partial charge in [0.2, 0.25) is 10.0 Å². The first-order valence-corrected chi connectivity index (χ1v) is 4.88. The third-order valence-corrected chi connectivity index (χ3v) is 2.88. The average molecular weight is 179 g/mol. The summed E-state index contributed by atoms with van der Waals surface area (Å²) < 4.78 is 22.8. The molecule has 0 heterocycles. The first-order chi connectivity index (χ1) is 4.76. The highest BCUT2D eigenvalue weighted by molar-refractivity contribution is 7.88. The lowest BCUT2D eigenvalue weighted by Crippen LogP contribution is -2.42. The molecule has 0 radical (unpaired) electrons. The molecule has 0 aliphatic rings. The molecule has 0 amide bonds. The maximum Gasteiger partial charge on any atom is 0.211 e. The van der Waals surface area contributed by atoms with Crippen LogP contribution in [0.25, 0.3) is 0 Å². The number of hydrogen-bond acceptors (Lipinski definition) is 3. The molecule has 5 nitrogen and oxygen atoms in total. The molecule has 1 atom stereocenters. The number of sulfonamides is 1. The largest absolute Gasteiger partial charge is 0.386 e. The molecule has 0 aromatic rings. The van der Waals surface area contributed by atoms with Gasteiger partial charge in [-0.3, -0.25) is 5.41 Å². The number of nitrogens with zero attached hydrogens (tertiary/aromatic N) is 1. The third-order valence-electron chi connectivity index (χ3n) is 1.52. The zero-order valence-corrected chi connectivity index (χ0v) is 7.64. The van der Waals surface area contributed by atoms with Gasteiger partial charge >= 0.3 is 0 Å². The van der Waals surface area contributed by atoms with Crippen molar-refractivity contribution in [3.63, 3.8) is 0 Å². The van der Waals surface area contributed by atoms with E-state index in [0.717, 1.165) is 10.6 Å². The monoisotopic (exact) mass is 179 g/mol. The highest BCUT2D eigenvalue weighted by Gasteiger charge is 2.19. The Hall–Kier alpha value is -0.620. The first-order valence-electron chi connectivity index (χ1n) is 3.03. The molecule has 0 spiro atoms. The van der Waals surface area contributed by atoms with Crippen LogP contribution in [0.4, 0.5) is 0 Å². The van der Waals surface area contributed by atoms with Crippen LogP contribution in [0.2, 0.25) is 0 Å². The van der Waals surface area contributed by atoms with Gasteiger partial charge in [-0.25, -0.2) is 8.42 Å². The Morgan fingerprint density at radius 1 is 1.64 bits per heavy atom. The summed E-state index contributed by atoms with van der Waals surface area (Å²) in [7, 11) is -1.84. The molecule has 0 bridgehead atoms. The SMILES string of the molecule is CC(C(=N)N)N(C)S(C)(=O)=O. The molecular weight excluding hydrogens is 166 g/mol. The standard InChI is InChI=1S/C5H13N3O2S/c1-4(5(6)7)8(2)11(3,9)10/h4H,1-3H3,(H3,6,7). The van der Waals surface area contributed by atoms with Crippen LogP contribution in [0.15, 0.2) is 0 Å². The van der Waals surface area contributed by atoms with Crippen LogP contribution in [0.5, 0.6) is 0 Å². The molecule has 6 heteroatoms. The van der Waals surface area contributed by atoms with Crippen molar-refractivity contribution in [3.8, 4) is 0 Å². The zero-order chi connectivity index (χ0) is 9.23. The average Bonchev–Trinajstić information content (AvgIpc) is 1.82. The predicted molar refractivity (Wildman–Crippen MR) is 44.0 cm³/mol. The summed E-state index contributed by atoms with van der Waals surface area (Å²) in [6.45, 7) is 1.56. The summed E-state index contributed by atoms with van der Waals surface area (Å²) >= 11 is 0. The van der Waals surface area contributed by atoms with Crippen molar-refractivity contribution in [2.24, 2.45) is 5.73 Å². The van der Waals surface area contributed by atoms with E-state index in [4.69, 9.17) is 11.1 Å². The minimum Gasteiger partial charge on any atom is -0.386 e. The van der Waals surface area contributed by atoms with Crippen LogP contribution in [0.3, 0.4) is 0 Å². The maximum absolute atomic E-state index is 10.9. The van der Waals surface area contributed by atoms with Crippen LogP contribution in [0, 0.1) is 5.41 Å². The van der Waals surface area contributed by atoms with E-state index >= 15 is 0 Å². The Morgan fingerprint density at radius 2 is 2.00 bits per heavy atom. The minimum absolute atomic E-state index is 0.155. The van der Waals surface area contributed by atoms with E-state index in [9.17, 15) is 8.42 Å². The Morgan fingerprint density at radius 3 is 2.09 bits per heavy atom. The minimum atomic E-state index is -3.23. The van der Waals surface area contributed by atoms with E-state index in [1.165, 1.54) is 7.05 Å². The van der Waals surface area contributed by atoms with E-state index in [1.54, 1.807) is 6.92 Å². The summed E-state index contributed by atoms with van der Waals surface area (Å²) in [6.07, 6.45) is 1.08. The maximum atomic E-state index is 10.9.